The first-order valence-electron chi connectivity index (χ1n) is 5.74. The van der Waals surface area contributed by atoms with E-state index in [1.807, 2.05) is 55.6 Å². The Bertz CT molecular complexity index is 703. The molecule has 2 aromatic carbocycles. The van der Waals surface area contributed by atoms with Gasteiger partial charge in [-0.15, -0.1) is 0 Å². The summed E-state index contributed by atoms with van der Waals surface area (Å²) < 4.78 is 5.82. The second-order valence-corrected chi connectivity index (χ2v) is 4.51. The van der Waals surface area contributed by atoms with Crippen molar-refractivity contribution in [3.8, 4) is 11.3 Å². The summed E-state index contributed by atoms with van der Waals surface area (Å²) in [4.78, 5) is 0. The van der Waals surface area contributed by atoms with E-state index in [9.17, 15) is 0 Å². The van der Waals surface area contributed by atoms with Crippen LogP contribution < -0.4 is 5.32 Å². The van der Waals surface area contributed by atoms with E-state index >= 15 is 0 Å². The molecule has 0 aliphatic carbocycles. The fourth-order valence-corrected chi connectivity index (χ4v) is 2.22. The van der Waals surface area contributed by atoms with Gasteiger partial charge in [0.2, 0.25) is 0 Å². The summed E-state index contributed by atoms with van der Waals surface area (Å²) in [6.07, 6.45) is 0. The van der Waals surface area contributed by atoms with Crippen LogP contribution in [-0.2, 0) is 0 Å². The van der Waals surface area contributed by atoms with Gasteiger partial charge in [-0.25, -0.2) is 0 Å². The van der Waals surface area contributed by atoms with Gasteiger partial charge in [0.15, 0.2) is 5.58 Å². The molecule has 3 rings (SSSR count). The van der Waals surface area contributed by atoms with Gasteiger partial charge in [0.05, 0.1) is 5.02 Å². The molecule has 0 fully saturated rings. The molecule has 0 saturated carbocycles. The van der Waals surface area contributed by atoms with E-state index in [4.69, 9.17) is 16.0 Å². The van der Waals surface area contributed by atoms with Crippen LogP contribution in [0.2, 0.25) is 5.02 Å². The van der Waals surface area contributed by atoms with Crippen LogP contribution in [0.4, 0.5) is 5.69 Å². The van der Waals surface area contributed by atoms with E-state index in [1.165, 1.54) is 0 Å². The van der Waals surface area contributed by atoms with Crippen molar-refractivity contribution in [2.24, 2.45) is 0 Å². The summed E-state index contributed by atoms with van der Waals surface area (Å²) in [5.41, 5.74) is 2.83. The molecule has 0 unspecified atom stereocenters. The molecule has 0 atom stereocenters. The summed E-state index contributed by atoms with van der Waals surface area (Å²) in [7, 11) is 1.90. The van der Waals surface area contributed by atoms with E-state index in [2.05, 4.69) is 5.32 Å². The molecule has 0 spiro atoms. The van der Waals surface area contributed by atoms with Gasteiger partial charge < -0.3 is 9.73 Å². The minimum absolute atomic E-state index is 0.642. The van der Waals surface area contributed by atoms with Crippen LogP contribution in [0.3, 0.4) is 0 Å². The number of benzene rings is 2. The standard InChI is InChI=1S/C15H12ClNO/c1-17-12-6-2-4-10(8-12)14-9-11-5-3-7-13(16)15(11)18-14/h2-9,17H,1H3. The Morgan fingerprint density at radius 1 is 1.06 bits per heavy atom. The van der Waals surface area contributed by atoms with Gasteiger partial charge in [0.1, 0.15) is 5.76 Å². The number of fused-ring (bicyclic) bond motifs is 1. The largest absolute Gasteiger partial charge is 0.455 e. The molecule has 1 heterocycles. The van der Waals surface area contributed by atoms with Crippen molar-refractivity contribution in [2.75, 3.05) is 12.4 Å². The van der Waals surface area contributed by atoms with Crippen molar-refractivity contribution in [1.29, 1.82) is 0 Å². The molecule has 0 bridgehead atoms. The molecule has 3 aromatic rings. The molecule has 90 valence electrons. The molecule has 3 heteroatoms. The molecule has 1 N–H and O–H groups in total. The predicted molar refractivity (Wildman–Crippen MR) is 76.2 cm³/mol. The number of halogens is 1. The van der Waals surface area contributed by atoms with Crippen LogP contribution in [0.25, 0.3) is 22.3 Å². The second-order valence-electron chi connectivity index (χ2n) is 4.10. The van der Waals surface area contributed by atoms with Gasteiger partial charge in [-0.3, -0.25) is 0 Å². The Morgan fingerprint density at radius 2 is 1.89 bits per heavy atom. The maximum absolute atomic E-state index is 6.11. The lowest BCUT2D eigenvalue weighted by atomic mass is 10.1. The topological polar surface area (TPSA) is 25.2 Å². The Kier molecular flexibility index (Phi) is 2.73. The number of hydrogen-bond acceptors (Lipinski definition) is 2. The molecule has 0 aliphatic heterocycles. The maximum Gasteiger partial charge on any atom is 0.153 e. The average molecular weight is 258 g/mol. The van der Waals surface area contributed by atoms with Gasteiger partial charge in [0.25, 0.3) is 0 Å². The number of para-hydroxylation sites is 1. The van der Waals surface area contributed by atoms with Crippen LogP contribution in [0.1, 0.15) is 0 Å². The number of hydrogen-bond donors (Lipinski definition) is 1. The normalized spacial score (nSPS) is 10.8. The van der Waals surface area contributed by atoms with E-state index in [0.29, 0.717) is 5.02 Å². The lowest BCUT2D eigenvalue weighted by Crippen LogP contribution is -1.86. The molecular formula is C15H12ClNO. The second kappa shape index (κ2) is 4.39. The first-order valence-corrected chi connectivity index (χ1v) is 6.12. The fraction of sp³-hybridized carbons (Fsp3) is 0.0667. The maximum atomic E-state index is 6.11. The molecule has 18 heavy (non-hydrogen) atoms. The van der Waals surface area contributed by atoms with Gasteiger partial charge in [0, 0.05) is 23.7 Å². The summed E-state index contributed by atoms with van der Waals surface area (Å²) in [5.74, 6) is 0.829. The monoisotopic (exact) mass is 257 g/mol. The lowest BCUT2D eigenvalue weighted by molar-refractivity contribution is 0.632. The Morgan fingerprint density at radius 3 is 2.67 bits per heavy atom. The lowest BCUT2D eigenvalue weighted by Gasteiger charge is -2.01. The number of rotatable bonds is 2. The van der Waals surface area contributed by atoms with Crippen molar-refractivity contribution in [3.63, 3.8) is 0 Å². The molecular weight excluding hydrogens is 246 g/mol. The Labute approximate surface area is 110 Å². The quantitative estimate of drug-likeness (QED) is 0.714. The number of furan rings is 1. The SMILES string of the molecule is CNc1cccc(-c2cc3cccc(Cl)c3o2)c1. The van der Waals surface area contributed by atoms with E-state index in [-0.39, 0.29) is 0 Å². The molecule has 0 amide bonds. The van der Waals surface area contributed by atoms with Crippen molar-refractivity contribution >= 4 is 28.3 Å². The molecule has 2 nitrogen and oxygen atoms in total. The van der Waals surface area contributed by atoms with Gasteiger partial charge in [-0.2, -0.15) is 0 Å². The zero-order chi connectivity index (χ0) is 12.5. The Hall–Kier alpha value is -1.93. The number of nitrogens with one attached hydrogen (secondary N) is 1. The van der Waals surface area contributed by atoms with Crippen LogP contribution in [0.15, 0.2) is 52.9 Å². The smallest absolute Gasteiger partial charge is 0.153 e. The van der Waals surface area contributed by atoms with Crippen molar-refractivity contribution in [3.05, 3.63) is 53.6 Å². The third-order valence-electron chi connectivity index (χ3n) is 2.93. The van der Waals surface area contributed by atoms with Gasteiger partial charge in [-0.05, 0) is 24.3 Å². The summed E-state index contributed by atoms with van der Waals surface area (Å²) in [6.45, 7) is 0. The Balaban J connectivity index is 2.16. The third-order valence-corrected chi connectivity index (χ3v) is 3.23. The fourth-order valence-electron chi connectivity index (χ4n) is 2.00. The van der Waals surface area contributed by atoms with Gasteiger partial charge in [-0.1, -0.05) is 35.9 Å². The van der Waals surface area contributed by atoms with Crippen molar-refractivity contribution in [1.82, 2.24) is 0 Å². The molecule has 1 aromatic heterocycles. The molecule has 0 radical (unpaired) electrons. The van der Waals surface area contributed by atoms with E-state index in [1.54, 1.807) is 0 Å². The average Bonchev–Trinajstić information content (AvgIpc) is 2.84. The minimum atomic E-state index is 0.642. The van der Waals surface area contributed by atoms with E-state index in [0.717, 1.165) is 28.0 Å². The summed E-state index contributed by atoms with van der Waals surface area (Å²) >= 11 is 6.11. The first-order chi connectivity index (χ1) is 8.78. The van der Waals surface area contributed by atoms with Crippen LogP contribution in [0.5, 0.6) is 0 Å². The zero-order valence-electron chi connectivity index (χ0n) is 9.91. The molecule has 0 aliphatic rings. The summed E-state index contributed by atoms with van der Waals surface area (Å²) in [6, 6.07) is 15.8. The van der Waals surface area contributed by atoms with Crippen molar-refractivity contribution in [2.45, 2.75) is 0 Å². The van der Waals surface area contributed by atoms with Crippen LogP contribution in [0, 0.1) is 0 Å². The van der Waals surface area contributed by atoms with Gasteiger partial charge >= 0.3 is 0 Å². The highest BCUT2D eigenvalue weighted by molar-refractivity contribution is 6.34. The highest BCUT2D eigenvalue weighted by atomic mass is 35.5. The molecule has 0 saturated heterocycles. The minimum Gasteiger partial charge on any atom is -0.455 e. The predicted octanol–water partition coefficient (Wildman–Crippen LogP) is 4.79. The highest BCUT2D eigenvalue weighted by Crippen LogP contribution is 2.32. The highest BCUT2D eigenvalue weighted by Gasteiger charge is 2.08. The third kappa shape index (κ3) is 1.85. The first kappa shape index (κ1) is 11.2. The summed E-state index contributed by atoms with van der Waals surface area (Å²) in [5, 5.41) is 4.78. The van der Waals surface area contributed by atoms with Crippen molar-refractivity contribution < 1.29 is 4.42 Å². The van der Waals surface area contributed by atoms with Crippen LogP contribution in [-0.4, -0.2) is 7.05 Å². The van der Waals surface area contributed by atoms with E-state index < -0.39 is 0 Å². The zero-order valence-corrected chi connectivity index (χ0v) is 10.7. The van der Waals surface area contributed by atoms with Crippen LogP contribution >= 0.6 is 11.6 Å². The number of anilines is 1.